The highest BCUT2D eigenvalue weighted by Gasteiger charge is 2.53. The van der Waals surface area contributed by atoms with E-state index in [9.17, 15) is 9.59 Å². The Hall–Kier alpha value is -2.66. The normalized spacial score (nSPS) is 23.3. The summed E-state index contributed by atoms with van der Waals surface area (Å²) in [7, 11) is 0. The van der Waals surface area contributed by atoms with Crippen LogP contribution in [0.5, 0.6) is 0 Å². The molecule has 2 unspecified atom stereocenters. The van der Waals surface area contributed by atoms with E-state index in [1.807, 2.05) is 60.4 Å². The molecule has 2 aromatic rings. The van der Waals surface area contributed by atoms with E-state index in [2.05, 4.69) is 11.4 Å². The quantitative estimate of drug-likeness (QED) is 0.737. The van der Waals surface area contributed by atoms with E-state index in [4.69, 9.17) is 4.74 Å². The fourth-order valence-electron chi connectivity index (χ4n) is 4.60. The molecule has 0 saturated carbocycles. The summed E-state index contributed by atoms with van der Waals surface area (Å²) in [5.41, 5.74) is 2.57. The summed E-state index contributed by atoms with van der Waals surface area (Å²) >= 11 is 0. The zero-order valence-electron chi connectivity index (χ0n) is 16.9. The summed E-state index contributed by atoms with van der Waals surface area (Å²) in [4.78, 5) is 27.5. The molecule has 1 N–H and O–H groups in total. The molecular formula is C24H28N2O3. The highest BCUT2D eigenvalue weighted by Crippen LogP contribution is 2.43. The van der Waals surface area contributed by atoms with E-state index in [0.717, 1.165) is 23.1 Å². The summed E-state index contributed by atoms with van der Waals surface area (Å²) in [6.07, 6.45) is 2.14. The lowest BCUT2D eigenvalue weighted by Gasteiger charge is -2.29. The van der Waals surface area contributed by atoms with E-state index in [0.29, 0.717) is 39.1 Å². The first kappa shape index (κ1) is 19.6. The van der Waals surface area contributed by atoms with Crippen molar-refractivity contribution in [3.8, 4) is 0 Å². The monoisotopic (exact) mass is 392 g/mol. The van der Waals surface area contributed by atoms with Gasteiger partial charge in [-0.1, -0.05) is 60.2 Å². The molecule has 0 aliphatic carbocycles. The summed E-state index contributed by atoms with van der Waals surface area (Å²) in [6.45, 7) is 3.95. The summed E-state index contributed by atoms with van der Waals surface area (Å²) in [6, 6.07) is 18.3. The molecule has 2 saturated heterocycles. The first-order chi connectivity index (χ1) is 14.1. The van der Waals surface area contributed by atoms with Crippen LogP contribution in [0.15, 0.2) is 54.6 Å². The largest absolute Gasteiger partial charge is 0.375 e. The Morgan fingerprint density at radius 3 is 2.79 bits per heavy atom. The van der Waals surface area contributed by atoms with E-state index in [1.54, 1.807) is 0 Å². The van der Waals surface area contributed by atoms with Gasteiger partial charge >= 0.3 is 0 Å². The molecule has 2 aliphatic rings. The minimum absolute atomic E-state index is 0.00592. The number of fused-ring (bicyclic) bond motifs is 1. The lowest BCUT2D eigenvalue weighted by molar-refractivity contribution is -0.129. The molecule has 2 aromatic carbocycles. The number of carbonyl (C=O) groups is 2. The van der Waals surface area contributed by atoms with Gasteiger partial charge in [0.1, 0.15) is 0 Å². The zero-order chi connectivity index (χ0) is 20.3. The van der Waals surface area contributed by atoms with Crippen LogP contribution in [0.3, 0.4) is 0 Å². The topological polar surface area (TPSA) is 58.6 Å². The molecule has 2 atom stereocenters. The van der Waals surface area contributed by atoms with Crippen molar-refractivity contribution in [2.24, 2.45) is 0 Å². The van der Waals surface area contributed by atoms with Crippen LogP contribution in [0.25, 0.3) is 0 Å². The third kappa shape index (κ3) is 4.06. The molecule has 0 spiro atoms. The Morgan fingerprint density at radius 2 is 2.03 bits per heavy atom. The Morgan fingerprint density at radius 1 is 1.21 bits per heavy atom. The Bertz CT molecular complexity index is 883. The Balaban J connectivity index is 1.41. The number of aryl methyl sites for hydroxylation is 1. The van der Waals surface area contributed by atoms with Gasteiger partial charge in [0, 0.05) is 25.6 Å². The van der Waals surface area contributed by atoms with Crippen molar-refractivity contribution in [3.05, 3.63) is 71.3 Å². The second kappa shape index (κ2) is 8.37. The van der Waals surface area contributed by atoms with Crippen molar-refractivity contribution < 1.29 is 14.3 Å². The summed E-state index contributed by atoms with van der Waals surface area (Å²) in [5, 5.41) is 3.07. The number of amides is 2. The summed E-state index contributed by atoms with van der Waals surface area (Å²) < 4.78 is 5.70. The van der Waals surface area contributed by atoms with Crippen LogP contribution in [0, 0.1) is 6.92 Å². The van der Waals surface area contributed by atoms with Crippen molar-refractivity contribution in [3.63, 3.8) is 0 Å². The number of hydrogen-bond donors (Lipinski definition) is 1. The van der Waals surface area contributed by atoms with Gasteiger partial charge in [-0.25, -0.2) is 0 Å². The van der Waals surface area contributed by atoms with Gasteiger partial charge in [-0.05, 0) is 30.9 Å². The lowest BCUT2D eigenvalue weighted by Crippen LogP contribution is -2.47. The van der Waals surface area contributed by atoms with Crippen LogP contribution >= 0.6 is 0 Å². The molecule has 0 aromatic heterocycles. The molecule has 0 bridgehead atoms. The molecular weight excluding hydrogens is 364 g/mol. The van der Waals surface area contributed by atoms with Gasteiger partial charge in [0.2, 0.25) is 11.8 Å². The van der Waals surface area contributed by atoms with Crippen LogP contribution in [0.4, 0.5) is 0 Å². The van der Waals surface area contributed by atoms with Gasteiger partial charge in [-0.15, -0.1) is 0 Å². The van der Waals surface area contributed by atoms with Gasteiger partial charge in [0.15, 0.2) is 0 Å². The highest BCUT2D eigenvalue weighted by molar-refractivity contribution is 5.91. The molecule has 4 rings (SSSR count). The SMILES string of the molecule is Cc1cccc(C2(C(=O)NCCOCc3ccccc3)CC3CCC(=O)N3C2)c1. The van der Waals surface area contributed by atoms with Crippen molar-refractivity contribution in [1.29, 1.82) is 0 Å². The molecule has 5 heteroatoms. The van der Waals surface area contributed by atoms with Crippen LogP contribution in [0.2, 0.25) is 0 Å². The molecule has 5 nitrogen and oxygen atoms in total. The average molecular weight is 392 g/mol. The third-order valence-electron chi connectivity index (χ3n) is 6.13. The average Bonchev–Trinajstić information content (AvgIpc) is 3.28. The molecule has 2 fully saturated rings. The maximum absolute atomic E-state index is 13.3. The maximum Gasteiger partial charge on any atom is 0.232 e. The minimum atomic E-state index is -0.674. The molecule has 152 valence electrons. The fourth-order valence-corrected chi connectivity index (χ4v) is 4.60. The number of benzene rings is 2. The first-order valence-electron chi connectivity index (χ1n) is 10.3. The van der Waals surface area contributed by atoms with E-state index in [1.165, 1.54) is 0 Å². The van der Waals surface area contributed by atoms with E-state index >= 15 is 0 Å². The lowest BCUT2D eigenvalue weighted by atomic mass is 9.76. The zero-order valence-corrected chi connectivity index (χ0v) is 16.9. The van der Waals surface area contributed by atoms with Crippen molar-refractivity contribution in [2.45, 2.75) is 44.2 Å². The first-order valence-corrected chi connectivity index (χ1v) is 10.3. The predicted octanol–water partition coefficient (Wildman–Crippen LogP) is 2.96. The maximum atomic E-state index is 13.3. The van der Waals surface area contributed by atoms with Gasteiger partial charge in [0.25, 0.3) is 0 Å². The van der Waals surface area contributed by atoms with Gasteiger partial charge in [-0.2, -0.15) is 0 Å². The third-order valence-corrected chi connectivity index (χ3v) is 6.13. The van der Waals surface area contributed by atoms with Crippen LogP contribution < -0.4 is 5.32 Å². The van der Waals surface area contributed by atoms with Gasteiger partial charge in [-0.3, -0.25) is 9.59 Å². The van der Waals surface area contributed by atoms with Crippen molar-refractivity contribution >= 4 is 11.8 Å². The number of carbonyl (C=O) groups excluding carboxylic acids is 2. The second-order valence-electron chi connectivity index (χ2n) is 8.16. The van der Waals surface area contributed by atoms with E-state index in [-0.39, 0.29) is 17.9 Å². The van der Waals surface area contributed by atoms with E-state index < -0.39 is 5.41 Å². The Kier molecular flexibility index (Phi) is 5.67. The smallest absolute Gasteiger partial charge is 0.232 e. The van der Waals surface area contributed by atoms with Crippen LogP contribution in [-0.2, 0) is 26.3 Å². The highest BCUT2D eigenvalue weighted by atomic mass is 16.5. The summed E-state index contributed by atoms with van der Waals surface area (Å²) in [5.74, 6) is 0.164. The van der Waals surface area contributed by atoms with Crippen molar-refractivity contribution in [2.75, 3.05) is 19.7 Å². The molecule has 2 heterocycles. The number of nitrogens with zero attached hydrogens (tertiary/aromatic N) is 1. The minimum Gasteiger partial charge on any atom is -0.375 e. The second-order valence-corrected chi connectivity index (χ2v) is 8.16. The molecule has 0 radical (unpaired) electrons. The number of hydrogen-bond acceptors (Lipinski definition) is 3. The number of nitrogens with one attached hydrogen (secondary N) is 1. The fraction of sp³-hybridized carbons (Fsp3) is 0.417. The van der Waals surface area contributed by atoms with Crippen molar-refractivity contribution in [1.82, 2.24) is 10.2 Å². The van der Waals surface area contributed by atoms with Gasteiger partial charge in [0.05, 0.1) is 18.6 Å². The standard InChI is InChI=1S/C24H28N2O3/c1-18-6-5-9-20(14-18)24(15-21-10-11-22(27)26(21)17-24)23(28)25-12-13-29-16-19-7-3-2-4-8-19/h2-9,14,21H,10-13,15-17H2,1H3,(H,25,28). The number of ether oxygens (including phenoxy) is 1. The van der Waals surface area contributed by atoms with Crippen LogP contribution in [0.1, 0.15) is 36.0 Å². The van der Waals surface area contributed by atoms with Crippen LogP contribution in [-0.4, -0.2) is 42.5 Å². The molecule has 29 heavy (non-hydrogen) atoms. The Labute approximate surface area is 172 Å². The number of rotatable bonds is 7. The molecule has 2 amide bonds. The van der Waals surface area contributed by atoms with Gasteiger partial charge < -0.3 is 15.0 Å². The molecule has 2 aliphatic heterocycles. The predicted molar refractivity (Wildman–Crippen MR) is 111 cm³/mol.